The minimum absolute atomic E-state index is 0. The van der Waals surface area contributed by atoms with Crippen LogP contribution in [-0.2, 0) is 24.9 Å². The molecule has 1 radical (unpaired) electrons. The van der Waals surface area contributed by atoms with Gasteiger partial charge >= 0.3 is 0 Å². The van der Waals surface area contributed by atoms with Crippen LogP contribution >= 0.6 is 0 Å². The third kappa shape index (κ3) is 11.4. The van der Waals surface area contributed by atoms with E-state index in [2.05, 4.69) is 117 Å². The Kier molecular flexibility index (Phi) is 17.3. The number of rotatable bonds is 11. The van der Waals surface area contributed by atoms with Gasteiger partial charge in [-0.05, 0) is 125 Å². The van der Waals surface area contributed by atoms with Crippen molar-refractivity contribution in [1.82, 2.24) is 9.97 Å². The Balaban J connectivity index is 0.000000159. The van der Waals surface area contributed by atoms with Crippen LogP contribution in [0.3, 0.4) is 0 Å². The molecule has 0 amide bonds. The Morgan fingerprint density at radius 2 is 1.19 bits per heavy atom. The zero-order valence-electron chi connectivity index (χ0n) is 41.2. The van der Waals surface area contributed by atoms with E-state index in [0.717, 1.165) is 87.0 Å². The molecule has 0 atom stereocenters. The van der Waals surface area contributed by atoms with Gasteiger partial charge in [0.05, 0.1) is 11.3 Å². The molecule has 0 spiro atoms. The zero-order valence-corrected chi connectivity index (χ0v) is 43.6. The number of allylic oxidation sites excluding steroid dienone is 2. The van der Waals surface area contributed by atoms with E-state index in [-0.39, 0.29) is 43.5 Å². The van der Waals surface area contributed by atoms with E-state index in [4.69, 9.17) is 9.40 Å². The van der Waals surface area contributed by atoms with Crippen LogP contribution in [0.4, 0.5) is 0 Å². The van der Waals surface area contributed by atoms with Crippen LogP contribution in [-0.4, -0.2) is 20.9 Å². The first-order chi connectivity index (χ1) is 32.6. The van der Waals surface area contributed by atoms with Gasteiger partial charge in [0.15, 0.2) is 5.78 Å². The zero-order chi connectivity index (χ0) is 47.0. The smallest absolute Gasteiger partial charge is 0.162 e. The van der Waals surface area contributed by atoms with Crippen molar-refractivity contribution in [2.24, 2.45) is 11.8 Å². The fourth-order valence-electron chi connectivity index (χ4n) is 10.7. The topological polar surface area (TPSA) is 76.2 Å². The van der Waals surface area contributed by atoms with Gasteiger partial charge in [-0.15, -0.1) is 52.6 Å². The summed E-state index contributed by atoms with van der Waals surface area (Å²) in [6.07, 6.45) is 19.5. The molecule has 0 bridgehead atoms. The number of carbonyl (C=O) groups is 1. The molecular weight excluding hydrogens is 1010 g/mol. The van der Waals surface area contributed by atoms with Gasteiger partial charge in [0.2, 0.25) is 0 Å². The largest absolute Gasteiger partial charge is 0.512 e. The van der Waals surface area contributed by atoms with Crippen LogP contribution < -0.4 is 0 Å². The molecule has 0 saturated heterocycles. The third-order valence-corrected chi connectivity index (χ3v) is 14.5. The number of aliphatic hydroxyl groups excluding tert-OH is 1. The number of ketones is 1. The average molecular weight is 1080 g/mol. The van der Waals surface area contributed by atoms with E-state index in [9.17, 15) is 9.90 Å². The van der Waals surface area contributed by atoms with Crippen molar-refractivity contribution in [3.8, 4) is 22.5 Å². The molecular formula is C62H68IrN2O3-2. The summed E-state index contributed by atoms with van der Waals surface area (Å²) >= 11 is 0. The van der Waals surface area contributed by atoms with Gasteiger partial charge in [0.25, 0.3) is 0 Å². The Labute approximate surface area is 418 Å². The number of nitrogens with zero attached hydrogens (tertiary/aromatic N) is 2. The monoisotopic (exact) mass is 1080 g/mol. The first-order valence-corrected chi connectivity index (χ1v) is 25.2. The molecule has 1 N–H and O–H groups in total. The first-order valence-electron chi connectivity index (χ1n) is 25.2. The molecule has 355 valence electrons. The second-order valence-corrected chi connectivity index (χ2v) is 19.2. The maximum Gasteiger partial charge on any atom is 0.162 e. The van der Waals surface area contributed by atoms with Crippen LogP contribution in [0, 0.1) is 44.7 Å². The first kappa shape index (κ1) is 50.5. The third-order valence-electron chi connectivity index (χ3n) is 14.5. The molecule has 5 nitrogen and oxygen atoms in total. The molecule has 3 aromatic heterocycles. The van der Waals surface area contributed by atoms with Crippen LogP contribution in [0.1, 0.15) is 144 Å². The van der Waals surface area contributed by atoms with Crippen molar-refractivity contribution < 1.29 is 34.4 Å². The quantitative estimate of drug-likeness (QED) is 0.0793. The van der Waals surface area contributed by atoms with E-state index in [1.165, 1.54) is 95.9 Å². The summed E-state index contributed by atoms with van der Waals surface area (Å²) in [5.74, 6) is 2.01. The fourth-order valence-corrected chi connectivity index (χ4v) is 10.7. The summed E-state index contributed by atoms with van der Waals surface area (Å²) in [6, 6.07) is 39.8. The molecule has 2 aliphatic carbocycles. The van der Waals surface area contributed by atoms with Gasteiger partial charge in [0.1, 0.15) is 5.58 Å². The SMILES string of the molecule is CCC(CC)C(=O)/C=C(\O)C(CC)CC.Cc1[c-]c(-c2nccc3cc(C4CCCC4)ccc23)c2oc3ccccc3c2c1.Cc1[c-]c(-c2nccc3cc(C4CCCC4)ccc23)cc(C)c1.[Ir]. The van der Waals surface area contributed by atoms with Gasteiger partial charge in [0, 0.05) is 55.8 Å². The van der Waals surface area contributed by atoms with Gasteiger partial charge in [-0.25, -0.2) is 0 Å². The van der Waals surface area contributed by atoms with Crippen LogP contribution in [0.25, 0.3) is 66.0 Å². The minimum atomic E-state index is 0. The predicted molar refractivity (Wildman–Crippen MR) is 280 cm³/mol. The number of carbonyl (C=O) groups excluding carboxylic acids is 1. The number of benzene rings is 5. The van der Waals surface area contributed by atoms with Crippen molar-refractivity contribution in [2.75, 3.05) is 0 Å². The summed E-state index contributed by atoms with van der Waals surface area (Å²) < 4.78 is 6.28. The Hall–Kier alpha value is -5.42. The molecule has 8 aromatic rings. The van der Waals surface area contributed by atoms with Crippen molar-refractivity contribution in [2.45, 2.75) is 137 Å². The second-order valence-electron chi connectivity index (χ2n) is 19.2. The van der Waals surface area contributed by atoms with Crippen LogP contribution in [0.15, 0.2) is 120 Å². The standard InChI is InChI=1S/C27H22NO.C22H22N.C13H24O2.Ir/c1-17-14-23-22-8-4-5-9-25(22)29-27(23)24(15-17)26-21-11-10-19(18-6-2-3-7-18)16-20(21)12-13-28-26;1-15-11-16(2)13-20(12-15)22-21-8-7-18(17-5-3-4-6-17)14-19(21)9-10-23-22;1-5-10(6-2)12(14)9-13(15)11(7-3)8-4;/h4-5,8-14,16,18H,2-3,6-7H2,1H3;7-12,14,17H,3-6H2,1-2H3;9-11,14H,5-8H2,1-4H3;/q2*-1;;/b;;12-9-;. The van der Waals surface area contributed by atoms with Crippen LogP contribution in [0.2, 0.25) is 0 Å². The number of para-hydroxylation sites is 1. The Morgan fingerprint density at radius 1 is 0.647 bits per heavy atom. The molecule has 0 aliphatic heterocycles. The number of aliphatic hydroxyl groups is 1. The van der Waals surface area contributed by atoms with Gasteiger partial charge in [-0.2, -0.15) is 0 Å². The fraction of sp³-hybridized carbons (Fsp3) is 0.371. The van der Waals surface area contributed by atoms with Gasteiger partial charge in [-0.1, -0.05) is 140 Å². The molecule has 2 saturated carbocycles. The summed E-state index contributed by atoms with van der Waals surface area (Å²) in [5.41, 5.74) is 12.3. The van der Waals surface area contributed by atoms with E-state index in [1.54, 1.807) is 0 Å². The summed E-state index contributed by atoms with van der Waals surface area (Å²) in [5, 5.41) is 17.0. The summed E-state index contributed by atoms with van der Waals surface area (Å²) in [4.78, 5) is 21.1. The molecule has 3 heterocycles. The number of pyridine rings is 2. The molecule has 6 heteroatoms. The molecule has 2 fully saturated rings. The molecule has 2 aliphatic rings. The average Bonchev–Trinajstić information content (AvgIpc) is 4.15. The number of aryl methyl sites for hydroxylation is 3. The van der Waals surface area contributed by atoms with Gasteiger partial charge < -0.3 is 19.5 Å². The van der Waals surface area contributed by atoms with E-state index < -0.39 is 0 Å². The van der Waals surface area contributed by atoms with Gasteiger partial charge in [-0.3, -0.25) is 4.79 Å². The second kappa shape index (κ2) is 23.3. The van der Waals surface area contributed by atoms with Crippen molar-refractivity contribution >= 4 is 49.3 Å². The van der Waals surface area contributed by atoms with Crippen molar-refractivity contribution in [3.63, 3.8) is 0 Å². The Bertz CT molecular complexity index is 3000. The maximum atomic E-state index is 11.7. The molecule has 5 aromatic carbocycles. The number of fused-ring (bicyclic) bond motifs is 5. The Morgan fingerprint density at radius 3 is 1.76 bits per heavy atom. The van der Waals surface area contributed by atoms with Crippen molar-refractivity contribution in [1.29, 1.82) is 0 Å². The normalized spacial score (nSPS) is 14.4. The number of furan rings is 1. The summed E-state index contributed by atoms with van der Waals surface area (Å²) in [7, 11) is 0. The molecule has 10 rings (SSSR count). The summed E-state index contributed by atoms with van der Waals surface area (Å²) in [6.45, 7) is 14.4. The number of aromatic nitrogens is 2. The number of hydrogen-bond donors (Lipinski definition) is 1. The molecule has 68 heavy (non-hydrogen) atoms. The number of hydrogen-bond acceptors (Lipinski definition) is 5. The molecule has 0 unspecified atom stereocenters. The maximum absolute atomic E-state index is 11.7. The van der Waals surface area contributed by atoms with Crippen LogP contribution in [0.5, 0.6) is 0 Å². The van der Waals surface area contributed by atoms with E-state index >= 15 is 0 Å². The predicted octanol–water partition coefficient (Wildman–Crippen LogP) is 17.4. The van der Waals surface area contributed by atoms with E-state index in [1.807, 2.05) is 52.2 Å². The minimum Gasteiger partial charge on any atom is -0.512 e. The van der Waals surface area contributed by atoms with E-state index in [0.29, 0.717) is 5.92 Å². The van der Waals surface area contributed by atoms with Crippen molar-refractivity contribution in [3.05, 3.63) is 155 Å².